The Morgan fingerprint density at radius 1 is 1.29 bits per heavy atom. The summed E-state index contributed by atoms with van der Waals surface area (Å²) in [5, 5.41) is 3.30. The van der Waals surface area contributed by atoms with E-state index in [1.165, 1.54) is 0 Å². The molecular formula is C12H23ClN2O2. The Balaban J connectivity index is 0.00000144. The van der Waals surface area contributed by atoms with Crippen LogP contribution in [0.3, 0.4) is 0 Å². The van der Waals surface area contributed by atoms with Gasteiger partial charge in [0.25, 0.3) is 0 Å². The van der Waals surface area contributed by atoms with Crippen LogP contribution in [-0.4, -0.2) is 49.2 Å². The van der Waals surface area contributed by atoms with E-state index in [1.807, 2.05) is 18.7 Å². The van der Waals surface area contributed by atoms with Gasteiger partial charge in [0.15, 0.2) is 0 Å². The summed E-state index contributed by atoms with van der Waals surface area (Å²) in [4.78, 5) is 14.3. The number of piperidine rings is 1. The maximum Gasteiger partial charge on any atom is 0.227 e. The highest BCUT2D eigenvalue weighted by atomic mass is 35.5. The molecule has 1 N–H and O–H groups in total. The van der Waals surface area contributed by atoms with E-state index in [0.717, 1.165) is 39.0 Å². The van der Waals surface area contributed by atoms with Crippen LogP contribution in [0.4, 0.5) is 0 Å². The number of nitrogens with one attached hydrogen (secondary N) is 1. The molecule has 0 spiro atoms. The second-order valence-corrected chi connectivity index (χ2v) is 5.04. The fraction of sp³-hybridized carbons (Fsp3) is 0.917. The minimum atomic E-state index is 0. The Kier molecular flexibility index (Phi) is 5.70. The van der Waals surface area contributed by atoms with Crippen molar-refractivity contribution < 1.29 is 9.53 Å². The topological polar surface area (TPSA) is 41.6 Å². The van der Waals surface area contributed by atoms with Crippen molar-refractivity contribution in [1.29, 1.82) is 0 Å². The molecule has 2 heterocycles. The van der Waals surface area contributed by atoms with Gasteiger partial charge in [-0.25, -0.2) is 0 Å². The van der Waals surface area contributed by atoms with Crippen molar-refractivity contribution in [3.05, 3.63) is 0 Å². The molecule has 2 saturated heterocycles. The number of ether oxygens (including phenoxy) is 1. The molecule has 0 aliphatic carbocycles. The SMILES string of the molecule is C[C@@H]1CN(C(=O)C2CCCNC2)C[C@H](C)O1.Cl. The number of halogens is 1. The maximum atomic E-state index is 12.3. The van der Waals surface area contributed by atoms with Gasteiger partial charge in [-0.1, -0.05) is 0 Å². The lowest BCUT2D eigenvalue weighted by molar-refractivity contribution is -0.147. The summed E-state index contributed by atoms with van der Waals surface area (Å²) in [5.74, 6) is 0.500. The van der Waals surface area contributed by atoms with Gasteiger partial charge in [-0.2, -0.15) is 0 Å². The standard InChI is InChI=1S/C12H22N2O2.ClH/c1-9-7-14(8-10(2)16-9)12(15)11-4-3-5-13-6-11;/h9-11,13H,3-8H2,1-2H3;1H/t9-,10+,11?;. The molecule has 1 amide bonds. The van der Waals surface area contributed by atoms with E-state index >= 15 is 0 Å². The van der Waals surface area contributed by atoms with E-state index in [1.54, 1.807) is 0 Å². The normalized spacial score (nSPS) is 34.0. The summed E-state index contributed by atoms with van der Waals surface area (Å²) in [6.07, 6.45) is 2.49. The summed E-state index contributed by atoms with van der Waals surface area (Å²) in [7, 11) is 0. The Bertz CT molecular complexity index is 247. The van der Waals surface area contributed by atoms with E-state index in [2.05, 4.69) is 5.32 Å². The molecule has 0 aromatic heterocycles. The first-order valence-corrected chi connectivity index (χ1v) is 6.32. The third kappa shape index (κ3) is 3.83. The van der Waals surface area contributed by atoms with Gasteiger partial charge >= 0.3 is 0 Å². The zero-order valence-electron chi connectivity index (χ0n) is 10.6. The number of hydrogen-bond acceptors (Lipinski definition) is 3. The van der Waals surface area contributed by atoms with E-state index in [4.69, 9.17) is 4.74 Å². The van der Waals surface area contributed by atoms with Crippen molar-refractivity contribution >= 4 is 18.3 Å². The lowest BCUT2D eigenvalue weighted by Crippen LogP contribution is -2.52. The Hall–Kier alpha value is -0.320. The van der Waals surface area contributed by atoms with Crippen LogP contribution >= 0.6 is 12.4 Å². The molecule has 5 heteroatoms. The van der Waals surface area contributed by atoms with E-state index in [-0.39, 0.29) is 30.5 Å². The first-order valence-electron chi connectivity index (χ1n) is 6.32. The highest BCUT2D eigenvalue weighted by Gasteiger charge is 2.30. The largest absolute Gasteiger partial charge is 0.372 e. The van der Waals surface area contributed by atoms with Crippen molar-refractivity contribution in [1.82, 2.24) is 10.2 Å². The van der Waals surface area contributed by atoms with Gasteiger partial charge in [-0.15, -0.1) is 12.4 Å². The average molecular weight is 263 g/mol. The predicted octanol–water partition coefficient (Wildman–Crippen LogP) is 1.04. The quantitative estimate of drug-likeness (QED) is 0.768. The highest BCUT2D eigenvalue weighted by molar-refractivity contribution is 5.85. The second-order valence-electron chi connectivity index (χ2n) is 5.04. The van der Waals surface area contributed by atoms with Crippen LogP contribution in [-0.2, 0) is 9.53 Å². The molecule has 1 unspecified atom stereocenters. The van der Waals surface area contributed by atoms with E-state index in [9.17, 15) is 4.79 Å². The van der Waals surface area contributed by atoms with Crippen molar-refractivity contribution in [3.63, 3.8) is 0 Å². The Labute approximate surface area is 109 Å². The van der Waals surface area contributed by atoms with Crippen LogP contribution in [0.1, 0.15) is 26.7 Å². The fourth-order valence-electron chi connectivity index (χ4n) is 2.68. The average Bonchev–Trinajstić information content (AvgIpc) is 2.28. The Morgan fingerprint density at radius 2 is 1.94 bits per heavy atom. The van der Waals surface area contributed by atoms with Gasteiger partial charge in [0.05, 0.1) is 18.1 Å². The third-order valence-electron chi connectivity index (χ3n) is 3.38. The molecule has 100 valence electrons. The monoisotopic (exact) mass is 262 g/mol. The second kappa shape index (κ2) is 6.57. The van der Waals surface area contributed by atoms with Crippen molar-refractivity contribution in [2.24, 2.45) is 5.92 Å². The molecule has 17 heavy (non-hydrogen) atoms. The number of hydrogen-bond donors (Lipinski definition) is 1. The predicted molar refractivity (Wildman–Crippen MR) is 69.4 cm³/mol. The number of rotatable bonds is 1. The van der Waals surface area contributed by atoms with Crippen LogP contribution in [0.15, 0.2) is 0 Å². The van der Waals surface area contributed by atoms with Gasteiger partial charge in [0, 0.05) is 19.6 Å². The van der Waals surface area contributed by atoms with Crippen LogP contribution in [0.5, 0.6) is 0 Å². The molecule has 2 rings (SSSR count). The maximum absolute atomic E-state index is 12.3. The molecule has 0 aromatic rings. The van der Waals surface area contributed by atoms with Gasteiger partial charge in [0.1, 0.15) is 0 Å². The summed E-state index contributed by atoms with van der Waals surface area (Å²) in [5.41, 5.74) is 0. The smallest absolute Gasteiger partial charge is 0.227 e. The molecule has 4 nitrogen and oxygen atoms in total. The Morgan fingerprint density at radius 3 is 2.47 bits per heavy atom. The number of nitrogens with zero attached hydrogens (tertiary/aromatic N) is 1. The molecule has 0 radical (unpaired) electrons. The first kappa shape index (κ1) is 14.7. The summed E-state index contributed by atoms with van der Waals surface area (Å²) < 4.78 is 5.64. The van der Waals surface area contributed by atoms with Gasteiger partial charge in [-0.05, 0) is 33.2 Å². The van der Waals surface area contributed by atoms with Crippen LogP contribution in [0.2, 0.25) is 0 Å². The molecule has 2 aliphatic heterocycles. The zero-order valence-corrected chi connectivity index (χ0v) is 11.5. The van der Waals surface area contributed by atoms with Gasteiger partial charge in [-0.3, -0.25) is 4.79 Å². The third-order valence-corrected chi connectivity index (χ3v) is 3.38. The number of carbonyl (C=O) groups excluding carboxylic acids is 1. The van der Waals surface area contributed by atoms with Crippen LogP contribution in [0.25, 0.3) is 0 Å². The highest BCUT2D eigenvalue weighted by Crippen LogP contribution is 2.17. The number of amides is 1. The van der Waals surface area contributed by atoms with Crippen LogP contribution < -0.4 is 5.32 Å². The van der Waals surface area contributed by atoms with E-state index in [0.29, 0.717) is 5.91 Å². The zero-order chi connectivity index (χ0) is 11.5. The van der Waals surface area contributed by atoms with Crippen molar-refractivity contribution in [2.45, 2.75) is 38.9 Å². The first-order chi connectivity index (χ1) is 7.66. The number of morpholine rings is 1. The molecular weight excluding hydrogens is 240 g/mol. The van der Waals surface area contributed by atoms with Gasteiger partial charge < -0.3 is 15.0 Å². The molecule has 2 aliphatic rings. The molecule has 2 fully saturated rings. The van der Waals surface area contributed by atoms with E-state index < -0.39 is 0 Å². The van der Waals surface area contributed by atoms with Crippen molar-refractivity contribution in [2.75, 3.05) is 26.2 Å². The lowest BCUT2D eigenvalue weighted by atomic mass is 9.97. The number of carbonyl (C=O) groups is 1. The summed E-state index contributed by atoms with van der Waals surface area (Å²) >= 11 is 0. The van der Waals surface area contributed by atoms with Gasteiger partial charge in [0.2, 0.25) is 5.91 Å². The summed E-state index contributed by atoms with van der Waals surface area (Å²) in [6.45, 7) is 7.47. The minimum Gasteiger partial charge on any atom is -0.372 e. The minimum absolute atomic E-state index is 0. The van der Waals surface area contributed by atoms with Crippen LogP contribution in [0, 0.1) is 5.92 Å². The van der Waals surface area contributed by atoms with Crippen molar-refractivity contribution in [3.8, 4) is 0 Å². The molecule has 3 atom stereocenters. The molecule has 0 aromatic carbocycles. The molecule has 0 saturated carbocycles. The fourth-order valence-corrected chi connectivity index (χ4v) is 2.68. The summed E-state index contributed by atoms with van der Waals surface area (Å²) in [6, 6.07) is 0. The lowest BCUT2D eigenvalue weighted by Gasteiger charge is -2.37. The molecule has 0 bridgehead atoms.